The van der Waals surface area contributed by atoms with Crippen LogP contribution >= 0.6 is 0 Å². The van der Waals surface area contributed by atoms with E-state index in [1.54, 1.807) is 12.1 Å². The molecule has 1 aliphatic rings. The molecule has 1 fully saturated rings. The zero-order chi connectivity index (χ0) is 15.5. The molecule has 1 aromatic rings. The summed E-state index contributed by atoms with van der Waals surface area (Å²) in [5, 5.41) is 8.77. The highest BCUT2D eigenvalue weighted by Crippen LogP contribution is 2.40. The molecule has 0 aromatic heterocycles. The Balaban J connectivity index is 2.34. The minimum Gasteiger partial charge on any atom is -0.478 e. The number of halogens is 1. The summed E-state index contributed by atoms with van der Waals surface area (Å²) in [7, 11) is 0. The molecule has 0 aliphatic carbocycles. The Hall–Kier alpha value is -1.84. The number of nitrogens with zero attached hydrogens (tertiary/aromatic N) is 1. The maximum absolute atomic E-state index is 14.3. The molecule has 114 valence electrons. The standard InChI is InChI=1S/C17H22FNO2/c1-3-17(4-2)10-11-19(12-17)16-13(8-9-15(20)21)6-5-7-14(16)18/h5-9H,3-4,10-12H2,1-2H3,(H,20,21)/b9-8+. The van der Waals surface area contributed by atoms with Crippen molar-refractivity contribution in [2.45, 2.75) is 33.1 Å². The second-order valence-corrected chi connectivity index (χ2v) is 5.73. The normalized spacial score (nSPS) is 17.6. The minimum atomic E-state index is -1.02. The smallest absolute Gasteiger partial charge is 0.328 e. The number of carboxylic acids is 1. The van der Waals surface area contributed by atoms with Crippen LogP contribution in [-0.4, -0.2) is 24.2 Å². The Morgan fingerprint density at radius 3 is 2.71 bits per heavy atom. The molecule has 1 heterocycles. The summed E-state index contributed by atoms with van der Waals surface area (Å²) in [4.78, 5) is 12.8. The average molecular weight is 291 g/mol. The van der Waals surface area contributed by atoms with Gasteiger partial charge in [-0.05, 0) is 36.8 Å². The molecular weight excluding hydrogens is 269 g/mol. The number of carbonyl (C=O) groups is 1. The Morgan fingerprint density at radius 2 is 2.14 bits per heavy atom. The fourth-order valence-electron chi connectivity index (χ4n) is 3.11. The predicted octanol–water partition coefficient (Wildman–Crippen LogP) is 3.94. The first-order chi connectivity index (χ1) is 10.0. The molecule has 4 heteroatoms. The third-order valence-electron chi connectivity index (χ3n) is 4.68. The molecule has 2 rings (SSSR count). The third-order valence-corrected chi connectivity index (χ3v) is 4.68. The van der Waals surface area contributed by atoms with Gasteiger partial charge in [0.2, 0.25) is 0 Å². The summed E-state index contributed by atoms with van der Waals surface area (Å²) < 4.78 is 14.3. The molecular formula is C17H22FNO2. The first-order valence-corrected chi connectivity index (χ1v) is 7.46. The van der Waals surface area contributed by atoms with Gasteiger partial charge in [0.1, 0.15) is 5.82 Å². The van der Waals surface area contributed by atoms with E-state index in [1.165, 1.54) is 12.1 Å². The molecule has 21 heavy (non-hydrogen) atoms. The Labute approximate surface area is 125 Å². The number of carboxylic acid groups (broad SMARTS) is 1. The zero-order valence-electron chi connectivity index (χ0n) is 12.6. The zero-order valence-corrected chi connectivity index (χ0v) is 12.6. The van der Waals surface area contributed by atoms with Gasteiger partial charge in [-0.25, -0.2) is 9.18 Å². The first-order valence-electron chi connectivity index (χ1n) is 7.46. The summed E-state index contributed by atoms with van der Waals surface area (Å²) >= 11 is 0. The highest BCUT2D eigenvalue weighted by Gasteiger charge is 2.36. The van der Waals surface area contributed by atoms with Crippen molar-refractivity contribution >= 4 is 17.7 Å². The van der Waals surface area contributed by atoms with E-state index in [4.69, 9.17) is 5.11 Å². The Morgan fingerprint density at radius 1 is 1.43 bits per heavy atom. The van der Waals surface area contributed by atoms with E-state index < -0.39 is 5.97 Å². The molecule has 0 amide bonds. The van der Waals surface area contributed by atoms with Crippen molar-refractivity contribution in [2.75, 3.05) is 18.0 Å². The fourth-order valence-corrected chi connectivity index (χ4v) is 3.11. The van der Waals surface area contributed by atoms with E-state index >= 15 is 0 Å². The summed E-state index contributed by atoms with van der Waals surface area (Å²) in [6.07, 6.45) is 5.74. The topological polar surface area (TPSA) is 40.5 Å². The molecule has 0 atom stereocenters. The molecule has 1 N–H and O–H groups in total. The lowest BCUT2D eigenvalue weighted by atomic mass is 9.82. The molecule has 0 saturated carbocycles. The summed E-state index contributed by atoms with van der Waals surface area (Å²) in [6.45, 7) is 6.00. The van der Waals surface area contributed by atoms with Crippen molar-refractivity contribution in [3.8, 4) is 0 Å². The van der Waals surface area contributed by atoms with Gasteiger partial charge in [0.15, 0.2) is 0 Å². The fraction of sp³-hybridized carbons (Fsp3) is 0.471. The monoisotopic (exact) mass is 291 g/mol. The molecule has 0 radical (unpaired) electrons. The Kier molecular flexibility index (Phi) is 4.66. The van der Waals surface area contributed by atoms with Crippen molar-refractivity contribution in [3.63, 3.8) is 0 Å². The van der Waals surface area contributed by atoms with Gasteiger partial charge in [-0.2, -0.15) is 0 Å². The van der Waals surface area contributed by atoms with E-state index in [2.05, 4.69) is 18.7 Å². The summed E-state index contributed by atoms with van der Waals surface area (Å²) in [5.74, 6) is -1.31. The van der Waals surface area contributed by atoms with Crippen LogP contribution in [0.1, 0.15) is 38.7 Å². The van der Waals surface area contributed by atoms with E-state index in [0.717, 1.165) is 38.4 Å². The maximum Gasteiger partial charge on any atom is 0.328 e. The summed E-state index contributed by atoms with van der Waals surface area (Å²) in [5.41, 5.74) is 1.40. The van der Waals surface area contributed by atoms with Crippen molar-refractivity contribution in [2.24, 2.45) is 5.41 Å². The van der Waals surface area contributed by atoms with Crippen LogP contribution in [0.3, 0.4) is 0 Å². The van der Waals surface area contributed by atoms with Gasteiger partial charge in [0, 0.05) is 24.7 Å². The number of aliphatic carboxylic acids is 1. The molecule has 0 unspecified atom stereocenters. The second-order valence-electron chi connectivity index (χ2n) is 5.73. The van der Waals surface area contributed by atoms with Gasteiger partial charge in [0.05, 0.1) is 5.69 Å². The van der Waals surface area contributed by atoms with Gasteiger partial charge < -0.3 is 10.0 Å². The van der Waals surface area contributed by atoms with Crippen molar-refractivity contribution in [1.82, 2.24) is 0 Å². The van der Waals surface area contributed by atoms with Gasteiger partial charge in [-0.15, -0.1) is 0 Å². The van der Waals surface area contributed by atoms with E-state index in [1.807, 2.05) is 0 Å². The SMILES string of the molecule is CCC1(CC)CCN(c2c(F)cccc2/C=C/C(=O)O)C1. The number of benzene rings is 1. The molecule has 1 aromatic carbocycles. The summed E-state index contributed by atoms with van der Waals surface area (Å²) in [6, 6.07) is 4.81. The third kappa shape index (κ3) is 3.26. The molecule has 0 spiro atoms. The van der Waals surface area contributed by atoms with Gasteiger partial charge in [0.25, 0.3) is 0 Å². The lowest BCUT2D eigenvalue weighted by molar-refractivity contribution is -0.131. The highest BCUT2D eigenvalue weighted by atomic mass is 19.1. The average Bonchev–Trinajstić information content (AvgIpc) is 2.90. The van der Waals surface area contributed by atoms with E-state index in [0.29, 0.717) is 11.3 Å². The molecule has 1 saturated heterocycles. The van der Waals surface area contributed by atoms with Crippen LogP contribution in [0.5, 0.6) is 0 Å². The van der Waals surface area contributed by atoms with E-state index in [9.17, 15) is 9.18 Å². The number of anilines is 1. The number of hydrogen-bond donors (Lipinski definition) is 1. The number of rotatable bonds is 5. The number of para-hydroxylation sites is 1. The number of hydrogen-bond acceptors (Lipinski definition) is 2. The Bertz CT molecular complexity index is 550. The van der Waals surface area contributed by atoms with Gasteiger partial charge in [-0.3, -0.25) is 0 Å². The highest BCUT2D eigenvalue weighted by molar-refractivity contribution is 5.87. The molecule has 1 aliphatic heterocycles. The minimum absolute atomic E-state index is 0.246. The van der Waals surface area contributed by atoms with Crippen LogP contribution in [0.2, 0.25) is 0 Å². The van der Waals surface area contributed by atoms with Crippen LogP contribution in [0, 0.1) is 11.2 Å². The maximum atomic E-state index is 14.3. The lowest BCUT2D eigenvalue weighted by Crippen LogP contribution is -2.27. The van der Waals surface area contributed by atoms with Gasteiger partial charge in [-0.1, -0.05) is 26.0 Å². The van der Waals surface area contributed by atoms with E-state index in [-0.39, 0.29) is 11.2 Å². The quantitative estimate of drug-likeness (QED) is 0.835. The molecule has 3 nitrogen and oxygen atoms in total. The van der Waals surface area contributed by atoms with Crippen LogP contribution < -0.4 is 4.90 Å². The molecule has 0 bridgehead atoms. The second kappa shape index (κ2) is 6.29. The van der Waals surface area contributed by atoms with Crippen LogP contribution in [-0.2, 0) is 4.79 Å². The van der Waals surface area contributed by atoms with Gasteiger partial charge >= 0.3 is 5.97 Å². The van der Waals surface area contributed by atoms with Crippen LogP contribution in [0.15, 0.2) is 24.3 Å². The van der Waals surface area contributed by atoms with Crippen molar-refractivity contribution < 1.29 is 14.3 Å². The predicted molar refractivity (Wildman–Crippen MR) is 82.9 cm³/mol. The largest absolute Gasteiger partial charge is 0.478 e. The van der Waals surface area contributed by atoms with Crippen LogP contribution in [0.25, 0.3) is 6.08 Å². The van der Waals surface area contributed by atoms with Crippen LogP contribution in [0.4, 0.5) is 10.1 Å². The van der Waals surface area contributed by atoms with Crippen molar-refractivity contribution in [1.29, 1.82) is 0 Å². The lowest BCUT2D eigenvalue weighted by Gasteiger charge is -2.28. The van der Waals surface area contributed by atoms with Crippen molar-refractivity contribution in [3.05, 3.63) is 35.7 Å². The first kappa shape index (κ1) is 15.5.